The highest BCUT2D eigenvalue weighted by Crippen LogP contribution is 2.49. The third-order valence-electron chi connectivity index (χ3n) is 5.60. The summed E-state index contributed by atoms with van der Waals surface area (Å²) >= 11 is 0. The van der Waals surface area contributed by atoms with E-state index in [9.17, 15) is 10.2 Å². The molecule has 0 amide bonds. The van der Waals surface area contributed by atoms with Crippen molar-refractivity contribution in [2.24, 2.45) is 5.92 Å². The number of hydrogen-bond acceptors (Lipinski definition) is 3. The number of halogens is 2. The molecule has 3 aliphatic rings. The highest BCUT2D eigenvalue weighted by molar-refractivity contribution is 6.57. The molecular weight excluding hydrogens is 337 g/mol. The predicted molar refractivity (Wildman–Crippen MR) is 97.9 cm³/mol. The van der Waals surface area contributed by atoms with Gasteiger partial charge in [0.25, 0.3) is 0 Å². The Hall–Kier alpha value is -2.57. The van der Waals surface area contributed by atoms with Crippen LogP contribution in [0.4, 0.5) is 8.63 Å². The average Bonchev–Trinajstić information content (AvgIpc) is 3.01. The predicted octanol–water partition coefficient (Wildman–Crippen LogP) is 3.85. The van der Waals surface area contributed by atoms with Crippen LogP contribution >= 0.6 is 0 Å². The number of hydrogen-bond donors (Lipinski definition) is 2. The first-order valence-electron chi connectivity index (χ1n) is 8.71. The average molecular weight is 358 g/mol. The first-order chi connectivity index (χ1) is 12.1. The molecule has 7 heteroatoms. The Morgan fingerprint density at radius 3 is 2.46 bits per heavy atom. The van der Waals surface area contributed by atoms with Gasteiger partial charge in [-0.15, -0.1) is 0 Å². The van der Waals surface area contributed by atoms with Crippen LogP contribution in [0.1, 0.15) is 33.3 Å². The summed E-state index contributed by atoms with van der Waals surface area (Å²) in [5, 5.41) is 19.6. The fraction of sp³-hybridized carbons (Fsp3) is 0.316. The maximum absolute atomic E-state index is 15.5. The SMILES string of the molecule is CC1=CC(C)=[N+]2C1C(c1ccc(O)c(O)c1)=C1C(C)C=C(C)N1[B-]2(F)F. The largest absolute Gasteiger partial charge is 0.732 e. The van der Waals surface area contributed by atoms with E-state index in [-0.39, 0.29) is 17.4 Å². The van der Waals surface area contributed by atoms with Crippen LogP contribution in [0.2, 0.25) is 0 Å². The van der Waals surface area contributed by atoms with Gasteiger partial charge in [0.2, 0.25) is 0 Å². The lowest BCUT2D eigenvalue weighted by molar-refractivity contribution is -0.447. The zero-order valence-electron chi connectivity index (χ0n) is 15.2. The van der Waals surface area contributed by atoms with Crippen molar-refractivity contribution in [3.8, 4) is 11.5 Å². The van der Waals surface area contributed by atoms with Gasteiger partial charge in [0.15, 0.2) is 17.5 Å². The summed E-state index contributed by atoms with van der Waals surface area (Å²) in [6.07, 6.45) is 3.65. The molecule has 2 atom stereocenters. The number of fused-ring (bicyclic) bond motifs is 2. The number of benzene rings is 1. The van der Waals surface area contributed by atoms with E-state index in [0.717, 1.165) is 16.0 Å². The molecule has 0 radical (unpaired) electrons. The normalized spacial score (nSPS) is 26.8. The maximum atomic E-state index is 15.5. The zero-order valence-corrected chi connectivity index (χ0v) is 15.2. The lowest BCUT2D eigenvalue weighted by Crippen LogP contribution is -2.61. The van der Waals surface area contributed by atoms with Gasteiger partial charge in [-0.2, -0.15) is 0 Å². The van der Waals surface area contributed by atoms with E-state index in [4.69, 9.17) is 0 Å². The van der Waals surface area contributed by atoms with Gasteiger partial charge in [0, 0.05) is 35.8 Å². The summed E-state index contributed by atoms with van der Waals surface area (Å²) in [7, 11) is 0. The van der Waals surface area contributed by atoms with E-state index in [1.54, 1.807) is 26.0 Å². The van der Waals surface area contributed by atoms with E-state index in [1.165, 1.54) is 16.6 Å². The second kappa shape index (κ2) is 5.22. The van der Waals surface area contributed by atoms with Crippen molar-refractivity contribution in [3.63, 3.8) is 0 Å². The zero-order chi connectivity index (χ0) is 19.0. The molecule has 0 saturated carbocycles. The molecule has 3 aliphatic heterocycles. The molecule has 2 N–H and O–H groups in total. The number of aromatic hydroxyl groups is 2. The first-order valence-corrected chi connectivity index (χ1v) is 8.71. The maximum Gasteiger partial charge on any atom is 0.732 e. The van der Waals surface area contributed by atoms with Gasteiger partial charge in [0.05, 0.1) is 0 Å². The molecule has 1 aromatic carbocycles. The molecule has 0 aliphatic carbocycles. The minimum absolute atomic E-state index is 0.162. The van der Waals surface area contributed by atoms with Crippen molar-refractivity contribution < 1.29 is 23.3 Å². The molecule has 0 fully saturated rings. The minimum atomic E-state index is -3.96. The van der Waals surface area contributed by atoms with Crippen LogP contribution in [-0.4, -0.2) is 38.2 Å². The second-order valence-corrected chi connectivity index (χ2v) is 7.40. The molecule has 0 aromatic heterocycles. The topological polar surface area (TPSA) is 46.7 Å². The van der Waals surface area contributed by atoms with Crippen molar-refractivity contribution in [2.75, 3.05) is 0 Å². The summed E-state index contributed by atoms with van der Waals surface area (Å²) < 4.78 is 32.2. The van der Waals surface area contributed by atoms with Crippen LogP contribution in [0.15, 0.2) is 47.3 Å². The van der Waals surface area contributed by atoms with E-state index in [2.05, 4.69) is 0 Å². The molecule has 0 saturated heterocycles. The van der Waals surface area contributed by atoms with Crippen LogP contribution in [0.5, 0.6) is 11.5 Å². The van der Waals surface area contributed by atoms with Gasteiger partial charge in [0.1, 0.15) is 5.71 Å². The minimum Gasteiger partial charge on any atom is -0.504 e. The summed E-state index contributed by atoms with van der Waals surface area (Å²) in [5.74, 6) is -0.648. The van der Waals surface area contributed by atoms with Crippen LogP contribution in [0.25, 0.3) is 5.57 Å². The Morgan fingerprint density at radius 2 is 1.81 bits per heavy atom. The van der Waals surface area contributed by atoms with E-state index in [0.29, 0.717) is 22.7 Å². The number of phenolic OH excluding ortho intramolecular Hbond substituents is 2. The quantitative estimate of drug-likeness (QED) is 0.592. The Kier molecular flexibility index (Phi) is 3.39. The molecule has 0 spiro atoms. The summed E-state index contributed by atoms with van der Waals surface area (Å²) in [6.45, 7) is 3.21. The molecule has 2 unspecified atom stereocenters. The Bertz CT molecular complexity index is 962. The van der Waals surface area contributed by atoms with Crippen LogP contribution in [-0.2, 0) is 0 Å². The first kappa shape index (κ1) is 16.9. The number of nitrogens with zero attached hydrogens (tertiary/aromatic N) is 2. The van der Waals surface area contributed by atoms with E-state index >= 15 is 8.63 Å². The lowest BCUT2D eigenvalue weighted by Gasteiger charge is -2.44. The van der Waals surface area contributed by atoms with Gasteiger partial charge in [-0.05, 0) is 37.2 Å². The van der Waals surface area contributed by atoms with Crippen molar-refractivity contribution in [3.05, 3.63) is 52.9 Å². The highest BCUT2D eigenvalue weighted by Gasteiger charge is 2.61. The summed E-state index contributed by atoms with van der Waals surface area (Å²) in [4.78, 5) is 1.16. The molecule has 26 heavy (non-hydrogen) atoms. The van der Waals surface area contributed by atoms with Crippen LogP contribution in [0, 0.1) is 5.92 Å². The van der Waals surface area contributed by atoms with E-state index in [1.807, 2.05) is 19.9 Å². The van der Waals surface area contributed by atoms with Crippen molar-refractivity contribution in [2.45, 2.75) is 33.7 Å². The third kappa shape index (κ3) is 2.03. The van der Waals surface area contributed by atoms with Gasteiger partial charge in [-0.1, -0.05) is 19.1 Å². The number of rotatable bonds is 1. The van der Waals surface area contributed by atoms with Crippen molar-refractivity contribution in [1.82, 2.24) is 4.81 Å². The molecule has 4 nitrogen and oxygen atoms in total. The number of phenols is 2. The molecule has 4 rings (SSSR count). The third-order valence-corrected chi connectivity index (χ3v) is 5.60. The molecule has 136 valence electrons. The Morgan fingerprint density at radius 1 is 1.12 bits per heavy atom. The second-order valence-electron chi connectivity index (χ2n) is 7.40. The standard InChI is InChI=1S/C19H21BF2N2O2/c1-10-7-12(3)23-18(10)17(14-5-6-15(25)16(26)9-14)19-11(2)8-13(4)24(19)20(23,21)22/h5-10,19,25-26H,1-4H3. The monoisotopic (exact) mass is 358 g/mol. The molecule has 1 aromatic rings. The highest BCUT2D eigenvalue weighted by atomic mass is 19.2. The fourth-order valence-electron chi connectivity index (χ4n) is 4.68. The fourth-order valence-corrected chi connectivity index (χ4v) is 4.68. The summed E-state index contributed by atoms with van der Waals surface area (Å²) in [5.41, 5.74) is 3.87. The van der Waals surface area contributed by atoms with E-state index < -0.39 is 13.0 Å². The summed E-state index contributed by atoms with van der Waals surface area (Å²) in [6, 6.07) is 3.94. The Balaban J connectivity index is 2.06. The lowest BCUT2D eigenvalue weighted by atomic mass is 9.77. The van der Waals surface area contributed by atoms with Gasteiger partial charge in [-0.3, -0.25) is 0 Å². The van der Waals surface area contributed by atoms with Gasteiger partial charge in [-0.25, -0.2) is 0 Å². The molecular formula is C19H21BF2N2O2. The van der Waals surface area contributed by atoms with Gasteiger partial charge < -0.3 is 28.1 Å². The van der Waals surface area contributed by atoms with Gasteiger partial charge >= 0.3 is 6.97 Å². The van der Waals surface area contributed by atoms with Crippen molar-refractivity contribution in [1.29, 1.82) is 0 Å². The smallest absolute Gasteiger partial charge is 0.504 e. The molecule has 3 heterocycles. The number of allylic oxidation sites excluding steroid dienone is 3. The Labute approximate surface area is 151 Å². The molecule has 0 bridgehead atoms. The van der Waals surface area contributed by atoms with Crippen LogP contribution < -0.4 is 0 Å². The van der Waals surface area contributed by atoms with Crippen LogP contribution in [0.3, 0.4) is 0 Å². The van der Waals surface area contributed by atoms with Crippen molar-refractivity contribution >= 4 is 18.3 Å².